The van der Waals surface area contributed by atoms with Gasteiger partial charge in [-0.05, 0) is 13.0 Å². The Hall–Kier alpha value is -1.22. The summed E-state index contributed by atoms with van der Waals surface area (Å²) in [5.74, 6) is 0. The van der Waals surface area contributed by atoms with E-state index >= 15 is 0 Å². The SMILES string of the molecule is Cc1sc(CN)cc1S(=O)(=O)NCc1cnc[nH]1. The zero-order chi connectivity index (χ0) is 13.2. The van der Waals surface area contributed by atoms with Crippen molar-refractivity contribution in [3.05, 3.63) is 34.0 Å². The maximum Gasteiger partial charge on any atom is 0.242 e. The lowest BCUT2D eigenvalue weighted by Gasteiger charge is -2.04. The number of hydrogen-bond donors (Lipinski definition) is 3. The Morgan fingerprint density at radius 2 is 2.33 bits per heavy atom. The van der Waals surface area contributed by atoms with Crippen molar-refractivity contribution in [3.63, 3.8) is 0 Å². The average molecular weight is 286 g/mol. The third-order valence-corrected chi connectivity index (χ3v) is 5.15. The predicted octanol–water partition coefficient (Wildman–Crippen LogP) is 0.717. The third-order valence-electron chi connectivity index (χ3n) is 2.42. The molecule has 0 radical (unpaired) electrons. The molecule has 98 valence electrons. The lowest BCUT2D eigenvalue weighted by molar-refractivity contribution is 0.580. The number of thiophene rings is 1. The van der Waals surface area contributed by atoms with E-state index < -0.39 is 10.0 Å². The van der Waals surface area contributed by atoms with Crippen molar-refractivity contribution in [2.24, 2.45) is 5.73 Å². The Kier molecular flexibility index (Phi) is 3.81. The minimum atomic E-state index is -3.50. The number of aryl methyl sites for hydroxylation is 1. The summed E-state index contributed by atoms with van der Waals surface area (Å²) in [6.07, 6.45) is 3.08. The Bertz CT molecular complexity index is 616. The molecule has 2 rings (SSSR count). The highest BCUT2D eigenvalue weighted by Crippen LogP contribution is 2.25. The second-order valence-corrected chi connectivity index (χ2v) is 6.81. The second kappa shape index (κ2) is 5.19. The van der Waals surface area contributed by atoms with Gasteiger partial charge in [0.1, 0.15) is 0 Å². The zero-order valence-electron chi connectivity index (χ0n) is 9.80. The number of hydrogen-bond acceptors (Lipinski definition) is 5. The fourth-order valence-corrected chi connectivity index (χ4v) is 4.04. The van der Waals surface area contributed by atoms with Gasteiger partial charge in [-0.1, -0.05) is 0 Å². The van der Waals surface area contributed by atoms with Crippen LogP contribution >= 0.6 is 11.3 Å². The number of nitrogens with one attached hydrogen (secondary N) is 2. The molecule has 0 atom stereocenters. The number of nitrogens with zero attached hydrogens (tertiary/aromatic N) is 1. The van der Waals surface area contributed by atoms with Gasteiger partial charge < -0.3 is 10.7 Å². The van der Waals surface area contributed by atoms with E-state index in [1.807, 2.05) is 0 Å². The lowest BCUT2D eigenvalue weighted by Crippen LogP contribution is -2.23. The van der Waals surface area contributed by atoms with Crippen LogP contribution in [0.4, 0.5) is 0 Å². The highest BCUT2D eigenvalue weighted by Gasteiger charge is 2.19. The van der Waals surface area contributed by atoms with Crippen LogP contribution in [0.3, 0.4) is 0 Å². The molecule has 0 aliphatic heterocycles. The average Bonchev–Trinajstić information content (AvgIpc) is 2.95. The van der Waals surface area contributed by atoms with Crippen molar-refractivity contribution in [2.45, 2.75) is 24.9 Å². The van der Waals surface area contributed by atoms with E-state index in [-0.39, 0.29) is 6.54 Å². The topological polar surface area (TPSA) is 101 Å². The Labute approximate surface area is 109 Å². The van der Waals surface area contributed by atoms with Gasteiger partial charge in [0.25, 0.3) is 0 Å². The molecule has 0 spiro atoms. The van der Waals surface area contributed by atoms with Gasteiger partial charge in [-0.25, -0.2) is 18.1 Å². The summed E-state index contributed by atoms with van der Waals surface area (Å²) in [7, 11) is -3.50. The highest BCUT2D eigenvalue weighted by atomic mass is 32.2. The van der Waals surface area contributed by atoms with Crippen molar-refractivity contribution in [2.75, 3.05) is 0 Å². The molecule has 2 aromatic rings. The van der Waals surface area contributed by atoms with Gasteiger partial charge in [0.2, 0.25) is 10.0 Å². The second-order valence-electron chi connectivity index (χ2n) is 3.74. The third kappa shape index (κ3) is 2.78. The molecule has 0 amide bonds. The van der Waals surface area contributed by atoms with E-state index in [1.54, 1.807) is 19.2 Å². The number of rotatable bonds is 5. The maximum atomic E-state index is 12.1. The molecule has 18 heavy (non-hydrogen) atoms. The summed E-state index contributed by atoms with van der Waals surface area (Å²) in [6.45, 7) is 2.31. The monoisotopic (exact) mass is 286 g/mol. The summed E-state index contributed by atoms with van der Waals surface area (Å²) in [5, 5.41) is 0. The summed E-state index contributed by atoms with van der Waals surface area (Å²) >= 11 is 1.40. The van der Waals surface area contributed by atoms with Gasteiger partial charge >= 0.3 is 0 Å². The molecule has 0 saturated carbocycles. The minimum absolute atomic E-state index is 0.190. The molecular weight excluding hydrogens is 272 g/mol. The van der Waals surface area contributed by atoms with Gasteiger partial charge in [-0.2, -0.15) is 0 Å². The molecular formula is C10H14N4O2S2. The van der Waals surface area contributed by atoms with Gasteiger partial charge in [0.15, 0.2) is 0 Å². The molecule has 4 N–H and O–H groups in total. The van der Waals surface area contributed by atoms with Crippen LogP contribution in [0.1, 0.15) is 15.4 Å². The number of imidazole rings is 1. The van der Waals surface area contributed by atoms with E-state index in [0.29, 0.717) is 17.1 Å². The number of H-pyrrole nitrogens is 1. The summed E-state index contributed by atoms with van der Waals surface area (Å²) in [5.41, 5.74) is 6.22. The van der Waals surface area contributed by atoms with Crippen molar-refractivity contribution in [1.82, 2.24) is 14.7 Å². The molecule has 0 fully saturated rings. The van der Waals surface area contributed by atoms with Gasteiger partial charge in [-0.15, -0.1) is 11.3 Å². The van der Waals surface area contributed by atoms with Crippen LogP contribution in [0.2, 0.25) is 0 Å². The Morgan fingerprint density at radius 3 is 2.89 bits per heavy atom. The van der Waals surface area contributed by atoms with Crippen LogP contribution < -0.4 is 10.5 Å². The zero-order valence-corrected chi connectivity index (χ0v) is 11.4. The lowest BCUT2D eigenvalue weighted by atomic mass is 10.4. The van der Waals surface area contributed by atoms with Crippen molar-refractivity contribution >= 4 is 21.4 Å². The minimum Gasteiger partial charge on any atom is -0.347 e. The number of aromatic nitrogens is 2. The molecule has 0 aliphatic rings. The van der Waals surface area contributed by atoms with E-state index in [4.69, 9.17) is 5.73 Å². The predicted molar refractivity (Wildman–Crippen MR) is 69.6 cm³/mol. The fraction of sp³-hybridized carbons (Fsp3) is 0.300. The molecule has 8 heteroatoms. The molecule has 6 nitrogen and oxygen atoms in total. The summed E-state index contributed by atoms with van der Waals surface area (Å²) in [4.78, 5) is 8.56. The smallest absolute Gasteiger partial charge is 0.242 e. The van der Waals surface area contributed by atoms with E-state index in [2.05, 4.69) is 14.7 Å². The van der Waals surface area contributed by atoms with Gasteiger partial charge in [0.05, 0.1) is 17.8 Å². The maximum absolute atomic E-state index is 12.1. The van der Waals surface area contributed by atoms with Crippen molar-refractivity contribution in [3.8, 4) is 0 Å². The van der Waals surface area contributed by atoms with Crippen LogP contribution in [0.5, 0.6) is 0 Å². The quantitative estimate of drug-likeness (QED) is 0.753. The molecule has 0 bridgehead atoms. The first kappa shape index (κ1) is 13.2. The number of sulfonamides is 1. The summed E-state index contributed by atoms with van der Waals surface area (Å²) < 4.78 is 26.7. The molecule has 0 saturated heterocycles. The van der Waals surface area contributed by atoms with E-state index in [0.717, 1.165) is 9.75 Å². The van der Waals surface area contributed by atoms with Crippen LogP contribution in [0, 0.1) is 6.92 Å². The largest absolute Gasteiger partial charge is 0.347 e. The molecule has 0 unspecified atom stereocenters. The number of nitrogens with two attached hydrogens (primary N) is 1. The highest BCUT2D eigenvalue weighted by molar-refractivity contribution is 7.89. The van der Waals surface area contributed by atoms with Crippen LogP contribution in [-0.2, 0) is 23.1 Å². The molecule has 0 aromatic carbocycles. The molecule has 2 heterocycles. The Balaban J connectivity index is 2.17. The van der Waals surface area contributed by atoms with Gasteiger partial charge in [-0.3, -0.25) is 0 Å². The van der Waals surface area contributed by atoms with Crippen LogP contribution in [0.15, 0.2) is 23.5 Å². The first-order chi connectivity index (χ1) is 8.53. The molecule has 2 aromatic heterocycles. The molecule has 0 aliphatic carbocycles. The first-order valence-electron chi connectivity index (χ1n) is 5.29. The van der Waals surface area contributed by atoms with Crippen LogP contribution in [-0.4, -0.2) is 18.4 Å². The van der Waals surface area contributed by atoms with E-state index in [9.17, 15) is 8.42 Å². The van der Waals surface area contributed by atoms with Crippen molar-refractivity contribution in [1.29, 1.82) is 0 Å². The standard InChI is InChI=1S/C10H14N4O2S2/c1-7-10(2-9(3-11)17-7)18(15,16)14-5-8-4-12-6-13-8/h2,4,6,14H,3,5,11H2,1H3,(H,12,13). The Morgan fingerprint density at radius 1 is 1.56 bits per heavy atom. The normalized spacial score (nSPS) is 11.9. The van der Waals surface area contributed by atoms with Crippen molar-refractivity contribution < 1.29 is 8.42 Å². The first-order valence-corrected chi connectivity index (χ1v) is 7.59. The summed E-state index contributed by atoms with van der Waals surface area (Å²) in [6, 6.07) is 1.62. The van der Waals surface area contributed by atoms with E-state index in [1.165, 1.54) is 17.7 Å². The number of aromatic amines is 1. The fourth-order valence-electron chi connectivity index (χ4n) is 1.52. The van der Waals surface area contributed by atoms with Gasteiger partial charge in [0, 0.05) is 28.2 Å². The van der Waals surface area contributed by atoms with Crippen LogP contribution in [0.25, 0.3) is 0 Å².